The number of nitrogens with two attached hydrogens (primary N) is 1. The van der Waals surface area contributed by atoms with Crippen molar-refractivity contribution in [3.8, 4) is 0 Å². The number of aliphatic carboxylic acids is 1. The molecule has 2 rings (SSSR count). The monoisotopic (exact) mass is 223 g/mol. The third kappa shape index (κ3) is 2.16. The molecule has 0 aliphatic carbocycles. The summed E-state index contributed by atoms with van der Waals surface area (Å²) in [6.45, 7) is 0. The highest BCUT2D eigenvalue weighted by Crippen LogP contribution is 2.41. The van der Waals surface area contributed by atoms with Crippen LogP contribution in [0.1, 0.15) is 17.9 Å². The van der Waals surface area contributed by atoms with Gasteiger partial charge in [0, 0.05) is 10.6 Å². The van der Waals surface area contributed by atoms with E-state index >= 15 is 0 Å². The Kier molecular flexibility index (Phi) is 2.98. The molecule has 0 amide bonds. The number of carbonyl (C=O) groups is 1. The minimum Gasteiger partial charge on any atom is -0.480 e. The van der Waals surface area contributed by atoms with Crippen molar-refractivity contribution < 1.29 is 9.90 Å². The summed E-state index contributed by atoms with van der Waals surface area (Å²) in [5.41, 5.74) is 6.79. The summed E-state index contributed by atoms with van der Waals surface area (Å²) in [7, 11) is 0. The topological polar surface area (TPSA) is 63.3 Å². The lowest BCUT2D eigenvalue weighted by molar-refractivity contribution is -0.138. The summed E-state index contributed by atoms with van der Waals surface area (Å²) in [5, 5.41) is 8.76. The minimum absolute atomic E-state index is 0.289. The fourth-order valence-corrected chi connectivity index (χ4v) is 3.10. The number of benzene rings is 1. The molecule has 0 fully saturated rings. The molecule has 1 aliphatic rings. The summed E-state index contributed by atoms with van der Waals surface area (Å²) >= 11 is 1.78. The lowest BCUT2D eigenvalue weighted by atomic mass is 9.94. The highest BCUT2D eigenvalue weighted by atomic mass is 32.2. The first-order valence-corrected chi connectivity index (χ1v) is 5.87. The summed E-state index contributed by atoms with van der Waals surface area (Å²) < 4.78 is 0. The van der Waals surface area contributed by atoms with Gasteiger partial charge < -0.3 is 10.8 Å². The van der Waals surface area contributed by atoms with Crippen LogP contribution in [0.3, 0.4) is 0 Å². The standard InChI is InChI=1S/C11H13NO2S/c12-9(11(13)14)5-7-6-15-10-4-2-1-3-8(7)10/h1-4,7,9H,5-6,12H2,(H,13,14)/t7?,9-/m0/s1. The number of fused-ring (bicyclic) bond motifs is 1. The average Bonchev–Trinajstić information content (AvgIpc) is 2.62. The van der Waals surface area contributed by atoms with Crippen molar-refractivity contribution in [1.82, 2.24) is 0 Å². The third-order valence-corrected chi connectivity index (χ3v) is 3.91. The van der Waals surface area contributed by atoms with Gasteiger partial charge in [0.2, 0.25) is 0 Å². The first kappa shape index (κ1) is 10.5. The molecule has 1 aliphatic heterocycles. The van der Waals surface area contributed by atoms with Gasteiger partial charge in [0.1, 0.15) is 6.04 Å². The second-order valence-electron chi connectivity index (χ2n) is 3.73. The Morgan fingerprint density at radius 3 is 3.07 bits per heavy atom. The molecule has 1 heterocycles. The van der Waals surface area contributed by atoms with Gasteiger partial charge in [0.05, 0.1) is 0 Å². The van der Waals surface area contributed by atoms with Crippen molar-refractivity contribution in [1.29, 1.82) is 0 Å². The van der Waals surface area contributed by atoms with Crippen LogP contribution < -0.4 is 5.73 Å². The SMILES string of the molecule is N[C@@H](CC1CSc2ccccc21)C(=O)O. The van der Waals surface area contributed by atoms with Crippen LogP contribution in [-0.2, 0) is 4.79 Å². The molecule has 0 bridgehead atoms. The molecule has 15 heavy (non-hydrogen) atoms. The number of hydrogen-bond donors (Lipinski definition) is 2. The van der Waals surface area contributed by atoms with Gasteiger partial charge in [-0.25, -0.2) is 0 Å². The fourth-order valence-electron chi connectivity index (χ4n) is 1.83. The van der Waals surface area contributed by atoms with Crippen molar-refractivity contribution >= 4 is 17.7 Å². The van der Waals surface area contributed by atoms with E-state index in [1.54, 1.807) is 11.8 Å². The highest BCUT2D eigenvalue weighted by molar-refractivity contribution is 7.99. The summed E-state index contributed by atoms with van der Waals surface area (Å²) in [6, 6.07) is 7.39. The van der Waals surface area contributed by atoms with Gasteiger partial charge >= 0.3 is 5.97 Å². The van der Waals surface area contributed by atoms with Crippen LogP contribution in [0.2, 0.25) is 0 Å². The predicted octanol–water partition coefficient (Wildman–Crippen LogP) is 1.68. The molecule has 4 heteroatoms. The molecule has 0 saturated heterocycles. The number of thioether (sulfide) groups is 1. The van der Waals surface area contributed by atoms with Gasteiger partial charge in [0.25, 0.3) is 0 Å². The Hall–Kier alpha value is -1.00. The molecule has 0 spiro atoms. The number of carboxylic acids is 1. The minimum atomic E-state index is -0.913. The van der Waals surface area contributed by atoms with Crippen LogP contribution in [0.15, 0.2) is 29.2 Å². The molecule has 1 aromatic rings. The van der Waals surface area contributed by atoms with E-state index in [9.17, 15) is 4.79 Å². The van der Waals surface area contributed by atoms with Crippen LogP contribution in [-0.4, -0.2) is 22.9 Å². The molecule has 1 aromatic carbocycles. The first-order valence-electron chi connectivity index (χ1n) is 4.88. The van der Waals surface area contributed by atoms with E-state index in [2.05, 4.69) is 12.1 Å². The van der Waals surface area contributed by atoms with Crippen molar-refractivity contribution in [3.63, 3.8) is 0 Å². The van der Waals surface area contributed by atoms with Gasteiger partial charge in [-0.3, -0.25) is 4.79 Å². The Bertz CT molecular complexity index is 381. The molecular formula is C11H13NO2S. The zero-order valence-corrected chi connectivity index (χ0v) is 9.04. The van der Waals surface area contributed by atoms with E-state index in [-0.39, 0.29) is 5.92 Å². The molecule has 3 N–H and O–H groups in total. The molecule has 80 valence electrons. The molecule has 0 aromatic heterocycles. The van der Waals surface area contributed by atoms with Crippen LogP contribution >= 0.6 is 11.8 Å². The second-order valence-corrected chi connectivity index (χ2v) is 4.79. The lowest BCUT2D eigenvalue weighted by Gasteiger charge is -2.13. The van der Waals surface area contributed by atoms with E-state index in [0.29, 0.717) is 6.42 Å². The Morgan fingerprint density at radius 1 is 1.60 bits per heavy atom. The first-order chi connectivity index (χ1) is 7.18. The Balaban J connectivity index is 2.11. The van der Waals surface area contributed by atoms with E-state index in [1.807, 2.05) is 12.1 Å². The zero-order valence-electron chi connectivity index (χ0n) is 8.22. The van der Waals surface area contributed by atoms with Crippen LogP contribution in [0.4, 0.5) is 0 Å². The Morgan fingerprint density at radius 2 is 2.33 bits per heavy atom. The van der Waals surface area contributed by atoms with Crippen molar-refractivity contribution in [3.05, 3.63) is 29.8 Å². The van der Waals surface area contributed by atoms with Gasteiger partial charge in [0.15, 0.2) is 0 Å². The van der Waals surface area contributed by atoms with Crippen LogP contribution in [0, 0.1) is 0 Å². The van der Waals surface area contributed by atoms with Gasteiger partial charge in [-0.15, -0.1) is 11.8 Å². The van der Waals surface area contributed by atoms with Crippen LogP contribution in [0.25, 0.3) is 0 Å². The van der Waals surface area contributed by atoms with Gasteiger partial charge in [-0.1, -0.05) is 18.2 Å². The second kappa shape index (κ2) is 4.24. The third-order valence-electron chi connectivity index (χ3n) is 2.65. The number of hydrogen-bond acceptors (Lipinski definition) is 3. The van der Waals surface area contributed by atoms with Crippen molar-refractivity contribution in [2.24, 2.45) is 5.73 Å². The maximum absolute atomic E-state index is 10.7. The molecule has 1 unspecified atom stereocenters. The number of rotatable bonds is 3. The number of carboxylic acid groups (broad SMARTS) is 1. The Labute approximate surface area is 92.7 Å². The quantitative estimate of drug-likeness (QED) is 0.818. The molecule has 0 saturated carbocycles. The van der Waals surface area contributed by atoms with Gasteiger partial charge in [-0.05, 0) is 24.0 Å². The van der Waals surface area contributed by atoms with E-state index in [1.165, 1.54) is 10.5 Å². The van der Waals surface area contributed by atoms with Gasteiger partial charge in [-0.2, -0.15) is 0 Å². The summed E-state index contributed by atoms with van der Waals surface area (Å²) in [5.74, 6) is 0.321. The zero-order chi connectivity index (χ0) is 10.8. The smallest absolute Gasteiger partial charge is 0.320 e. The van der Waals surface area contributed by atoms with E-state index in [4.69, 9.17) is 10.8 Å². The molecule has 2 atom stereocenters. The largest absolute Gasteiger partial charge is 0.480 e. The normalized spacial score (nSPS) is 21.0. The van der Waals surface area contributed by atoms with Crippen molar-refractivity contribution in [2.45, 2.75) is 23.3 Å². The maximum atomic E-state index is 10.7. The summed E-state index contributed by atoms with van der Waals surface area (Å²) in [6.07, 6.45) is 0.527. The summed E-state index contributed by atoms with van der Waals surface area (Å²) in [4.78, 5) is 11.9. The fraction of sp³-hybridized carbons (Fsp3) is 0.364. The van der Waals surface area contributed by atoms with E-state index < -0.39 is 12.0 Å². The lowest BCUT2D eigenvalue weighted by Crippen LogP contribution is -2.31. The molecule has 0 radical (unpaired) electrons. The van der Waals surface area contributed by atoms with E-state index in [0.717, 1.165) is 5.75 Å². The van der Waals surface area contributed by atoms with Crippen LogP contribution in [0.5, 0.6) is 0 Å². The van der Waals surface area contributed by atoms with Crippen molar-refractivity contribution in [2.75, 3.05) is 5.75 Å². The highest BCUT2D eigenvalue weighted by Gasteiger charge is 2.26. The predicted molar refractivity (Wildman–Crippen MR) is 60.1 cm³/mol. The average molecular weight is 223 g/mol. The molecule has 3 nitrogen and oxygen atoms in total. The molecular weight excluding hydrogens is 210 g/mol. The maximum Gasteiger partial charge on any atom is 0.320 e.